The highest BCUT2D eigenvalue weighted by molar-refractivity contribution is 5.78. The second-order valence-corrected chi connectivity index (χ2v) is 9.12. The molecule has 0 radical (unpaired) electrons. The molecule has 0 heterocycles. The second-order valence-electron chi connectivity index (χ2n) is 9.12. The van der Waals surface area contributed by atoms with Gasteiger partial charge in [-0.25, -0.2) is 14.4 Å². The average molecular weight is 471 g/mol. The Morgan fingerprint density at radius 2 is 0.939 bits per heavy atom. The minimum atomic E-state index is -1.12. The van der Waals surface area contributed by atoms with Crippen LogP contribution in [0.4, 0.5) is 0 Å². The van der Waals surface area contributed by atoms with Crippen LogP contribution >= 0.6 is 0 Å². The number of allylic oxidation sites excluding steroid dienone is 1. The summed E-state index contributed by atoms with van der Waals surface area (Å²) in [6.07, 6.45) is 14.5. The van der Waals surface area contributed by atoms with Crippen molar-refractivity contribution in [1.82, 2.24) is 0 Å². The Hall–Kier alpha value is -1.89. The van der Waals surface area contributed by atoms with Crippen LogP contribution in [0.3, 0.4) is 0 Å². The molecule has 3 unspecified atom stereocenters. The van der Waals surface area contributed by atoms with Crippen LogP contribution in [0.2, 0.25) is 0 Å². The lowest BCUT2D eigenvalue weighted by Gasteiger charge is -2.49. The third kappa shape index (κ3) is 9.86. The highest BCUT2D eigenvalue weighted by Crippen LogP contribution is 2.32. The fourth-order valence-electron chi connectivity index (χ4n) is 5.37. The van der Waals surface area contributed by atoms with Gasteiger partial charge in [-0.3, -0.25) is 4.48 Å². The van der Waals surface area contributed by atoms with Crippen LogP contribution in [-0.2, 0) is 14.4 Å². The third-order valence-electron chi connectivity index (χ3n) is 6.96. The quantitative estimate of drug-likeness (QED) is 0.104. The molecule has 0 aromatic rings. The first-order valence-electron chi connectivity index (χ1n) is 12.9. The van der Waals surface area contributed by atoms with Gasteiger partial charge in [0.25, 0.3) is 0 Å². The Morgan fingerprint density at radius 3 is 1.21 bits per heavy atom. The third-order valence-corrected chi connectivity index (χ3v) is 6.96. The normalized spacial score (nSPS) is 15.8. The Labute approximate surface area is 200 Å². The maximum Gasteiger partial charge on any atom is 0.362 e. The molecule has 0 amide bonds. The molecular weight excluding hydrogens is 422 g/mol. The number of nitrogens with zero attached hydrogens (tertiary/aromatic N) is 1. The lowest BCUT2D eigenvalue weighted by Crippen LogP contribution is -2.72. The maximum atomic E-state index is 12.2. The van der Waals surface area contributed by atoms with E-state index in [1.165, 1.54) is 32.1 Å². The molecule has 0 aliphatic rings. The van der Waals surface area contributed by atoms with E-state index in [1.807, 2.05) is 6.08 Å². The van der Waals surface area contributed by atoms with Gasteiger partial charge < -0.3 is 15.3 Å². The van der Waals surface area contributed by atoms with Crippen molar-refractivity contribution >= 4 is 17.9 Å². The van der Waals surface area contributed by atoms with Crippen LogP contribution in [-0.4, -0.2) is 62.4 Å². The summed E-state index contributed by atoms with van der Waals surface area (Å²) in [6.45, 7) is 9.09. The first-order valence-corrected chi connectivity index (χ1v) is 12.9. The Kier molecular flexibility index (Phi) is 16.6. The van der Waals surface area contributed by atoms with E-state index in [-0.39, 0.29) is 25.8 Å². The number of carboxylic acid groups (broad SMARTS) is 3. The van der Waals surface area contributed by atoms with E-state index >= 15 is 0 Å². The number of hydrogen-bond donors (Lipinski definition) is 3. The fourth-order valence-corrected chi connectivity index (χ4v) is 5.37. The van der Waals surface area contributed by atoms with Gasteiger partial charge in [-0.15, -0.1) is 6.58 Å². The van der Waals surface area contributed by atoms with Crippen molar-refractivity contribution in [2.75, 3.05) is 6.54 Å². The number of aliphatic carboxylic acids is 3. The Balaban J connectivity index is 5.15. The number of unbranched alkanes of at least 4 members (excludes halogenated alkanes) is 10. The molecule has 0 aliphatic heterocycles. The largest absolute Gasteiger partial charge is 0.477 e. The molecule has 192 valence electrons. The van der Waals surface area contributed by atoms with Gasteiger partial charge in [-0.2, -0.15) is 0 Å². The highest BCUT2D eigenvalue weighted by atomic mass is 16.4. The van der Waals surface area contributed by atoms with E-state index in [2.05, 4.69) is 6.58 Å². The van der Waals surface area contributed by atoms with Crippen molar-refractivity contribution in [3.8, 4) is 0 Å². The molecule has 33 heavy (non-hydrogen) atoms. The van der Waals surface area contributed by atoms with E-state index in [9.17, 15) is 29.7 Å². The van der Waals surface area contributed by atoms with Gasteiger partial charge in [0.1, 0.15) is 0 Å². The van der Waals surface area contributed by atoms with Crippen LogP contribution < -0.4 is 0 Å². The second kappa shape index (κ2) is 17.6. The van der Waals surface area contributed by atoms with Gasteiger partial charge in [0, 0.05) is 19.3 Å². The number of hydrogen-bond acceptors (Lipinski definition) is 3. The van der Waals surface area contributed by atoms with Gasteiger partial charge in [0.15, 0.2) is 18.1 Å². The minimum Gasteiger partial charge on any atom is -0.477 e. The zero-order valence-corrected chi connectivity index (χ0v) is 21.1. The summed E-state index contributed by atoms with van der Waals surface area (Å²) in [5.74, 6) is -3.36. The molecule has 0 bridgehead atoms. The van der Waals surface area contributed by atoms with Gasteiger partial charge >= 0.3 is 17.9 Å². The maximum absolute atomic E-state index is 12.2. The molecule has 0 rings (SSSR count). The van der Waals surface area contributed by atoms with Gasteiger partial charge in [0.05, 0.1) is 6.54 Å². The van der Waals surface area contributed by atoms with Crippen molar-refractivity contribution in [3.63, 3.8) is 0 Å². The van der Waals surface area contributed by atoms with Crippen molar-refractivity contribution in [2.24, 2.45) is 0 Å². The predicted octanol–water partition coefficient (Wildman–Crippen LogP) is 5.87. The Morgan fingerprint density at radius 1 is 0.636 bits per heavy atom. The summed E-state index contributed by atoms with van der Waals surface area (Å²) >= 11 is 0. The molecule has 0 spiro atoms. The van der Waals surface area contributed by atoms with Crippen LogP contribution in [0.5, 0.6) is 0 Å². The Bertz CT molecular complexity index is 536. The van der Waals surface area contributed by atoms with E-state index in [1.54, 1.807) is 20.8 Å². The molecule has 0 fully saturated rings. The summed E-state index contributed by atoms with van der Waals surface area (Å²) in [6, 6.07) is -3.19. The van der Waals surface area contributed by atoms with Crippen molar-refractivity contribution in [2.45, 2.75) is 129 Å². The molecule has 0 saturated heterocycles. The summed E-state index contributed by atoms with van der Waals surface area (Å²) in [5, 5.41) is 29.8. The van der Waals surface area contributed by atoms with Crippen LogP contribution in [0.1, 0.15) is 111 Å². The summed E-state index contributed by atoms with van der Waals surface area (Å²) in [4.78, 5) is 36.5. The van der Waals surface area contributed by atoms with E-state index in [0.717, 1.165) is 32.1 Å². The number of rotatable bonds is 22. The number of carbonyl (C=O) groups is 3. The van der Waals surface area contributed by atoms with Crippen molar-refractivity contribution < 1.29 is 34.2 Å². The highest BCUT2D eigenvalue weighted by Gasteiger charge is 2.55. The summed E-state index contributed by atoms with van der Waals surface area (Å²) in [7, 11) is 0. The molecule has 3 atom stereocenters. The lowest BCUT2D eigenvalue weighted by atomic mass is 9.93. The topological polar surface area (TPSA) is 112 Å². The van der Waals surface area contributed by atoms with Crippen LogP contribution in [0.25, 0.3) is 0 Å². The fraction of sp³-hybridized carbons (Fsp3) is 0.808. The smallest absolute Gasteiger partial charge is 0.362 e. The molecule has 3 N–H and O–H groups in total. The van der Waals surface area contributed by atoms with E-state index in [0.29, 0.717) is 6.42 Å². The molecule has 7 nitrogen and oxygen atoms in total. The van der Waals surface area contributed by atoms with Gasteiger partial charge in [-0.05, 0) is 25.7 Å². The zero-order chi connectivity index (χ0) is 25.3. The van der Waals surface area contributed by atoms with Gasteiger partial charge in [-0.1, -0.05) is 71.8 Å². The predicted molar refractivity (Wildman–Crippen MR) is 131 cm³/mol. The first-order chi connectivity index (χ1) is 15.7. The SMILES string of the molecule is C=CCCCCCCCCCCCC[N+](C(CC)C(=O)O)(C(CC)C(=O)O)C(CC)C(=O)O. The number of quaternary nitrogens is 1. The number of carboxylic acids is 3. The van der Waals surface area contributed by atoms with Crippen molar-refractivity contribution in [3.05, 3.63) is 12.7 Å². The molecule has 0 aliphatic carbocycles. The molecular formula is C26H48NO6+. The van der Waals surface area contributed by atoms with Crippen LogP contribution in [0.15, 0.2) is 12.7 Å². The van der Waals surface area contributed by atoms with Gasteiger partial charge in [0.2, 0.25) is 0 Å². The lowest BCUT2D eigenvalue weighted by molar-refractivity contribution is -0.973. The van der Waals surface area contributed by atoms with Crippen molar-refractivity contribution in [1.29, 1.82) is 0 Å². The average Bonchev–Trinajstić information content (AvgIpc) is 2.75. The summed E-state index contributed by atoms with van der Waals surface area (Å²) in [5.41, 5.74) is 0. The van der Waals surface area contributed by atoms with E-state index in [4.69, 9.17) is 0 Å². The zero-order valence-electron chi connectivity index (χ0n) is 21.1. The minimum absolute atomic E-state index is 0.190. The van der Waals surface area contributed by atoms with Crippen LogP contribution in [0, 0.1) is 0 Å². The molecule has 7 heteroatoms. The standard InChI is InChI=1S/C26H47NO6/c1-5-9-10-11-12-13-14-15-16-17-18-19-20-27(21(6-2)24(28)29,22(7-3)25(30)31)23(8-4)26(32)33/h5,21-23H,1,6-20H2,2-4H3,(H2-,28,29,30,31,32,33)/p+1. The van der Waals surface area contributed by atoms with E-state index < -0.39 is 40.5 Å². The molecule has 0 aromatic heterocycles. The monoisotopic (exact) mass is 470 g/mol. The molecule has 0 saturated carbocycles. The summed E-state index contributed by atoms with van der Waals surface area (Å²) < 4.78 is -0.409. The first kappa shape index (κ1) is 31.1. The molecule has 0 aromatic carbocycles.